The van der Waals surface area contributed by atoms with Gasteiger partial charge in [0, 0.05) is 5.41 Å². The zero-order chi connectivity index (χ0) is 15.5. The smallest absolute Gasteiger partial charge is 0.140 e. The highest BCUT2D eigenvalue weighted by Crippen LogP contribution is 2.29. The van der Waals surface area contributed by atoms with Crippen molar-refractivity contribution in [3.63, 3.8) is 0 Å². The number of nitrogens with zero attached hydrogens (tertiary/aromatic N) is 2. The lowest BCUT2D eigenvalue weighted by molar-refractivity contribution is 0.304. The molecule has 21 heavy (non-hydrogen) atoms. The molecule has 0 aliphatic carbocycles. The molecule has 1 aromatic carbocycles. The van der Waals surface area contributed by atoms with Crippen LogP contribution in [0.4, 0.5) is 0 Å². The lowest BCUT2D eigenvalue weighted by Crippen LogP contribution is -2.13. The summed E-state index contributed by atoms with van der Waals surface area (Å²) < 4.78 is 10.8. The lowest BCUT2D eigenvalue weighted by atomic mass is 9.91. The van der Waals surface area contributed by atoms with Gasteiger partial charge in [0.25, 0.3) is 0 Å². The lowest BCUT2D eigenvalue weighted by Gasteiger charge is -2.15. The third-order valence-corrected chi connectivity index (χ3v) is 3.84. The number of hydrogen-bond donors (Lipinski definition) is 0. The summed E-state index contributed by atoms with van der Waals surface area (Å²) in [4.78, 5) is 5.21. The first-order valence-corrected chi connectivity index (χ1v) is 7.43. The van der Waals surface area contributed by atoms with Gasteiger partial charge in [-0.05, 0) is 24.3 Å². The van der Waals surface area contributed by atoms with Crippen LogP contribution >= 0.6 is 11.3 Å². The van der Waals surface area contributed by atoms with Crippen molar-refractivity contribution in [2.24, 2.45) is 0 Å². The second-order valence-electron chi connectivity index (χ2n) is 5.61. The van der Waals surface area contributed by atoms with Crippen molar-refractivity contribution < 1.29 is 9.47 Å². The fourth-order valence-electron chi connectivity index (χ4n) is 1.83. The molecular weight excluding hydrogens is 284 g/mol. The first kappa shape index (κ1) is 15.3. The molecule has 0 bridgehead atoms. The van der Waals surface area contributed by atoms with Gasteiger partial charge < -0.3 is 9.47 Å². The van der Waals surface area contributed by atoms with Crippen molar-refractivity contribution in [2.75, 3.05) is 7.11 Å². The van der Waals surface area contributed by atoms with Gasteiger partial charge in [0.05, 0.1) is 12.8 Å². The first-order valence-electron chi connectivity index (χ1n) is 6.61. The van der Waals surface area contributed by atoms with Crippen LogP contribution in [0.5, 0.6) is 11.5 Å². The maximum atomic E-state index is 9.20. The average Bonchev–Trinajstić information content (AvgIpc) is 2.89. The summed E-state index contributed by atoms with van der Waals surface area (Å²) >= 11 is 1.39. The molecule has 110 valence electrons. The first-order chi connectivity index (χ1) is 9.94. The van der Waals surface area contributed by atoms with E-state index >= 15 is 0 Å². The average molecular weight is 302 g/mol. The van der Waals surface area contributed by atoms with Gasteiger partial charge in [0.15, 0.2) is 0 Å². The van der Waals surface area contributed by atoms with Gasteiger partial charge in [-0.3, -0.25) is 0 Å². The van der Waals surface area contributed by atoms with Crippen LogP contribution in [0.3, 0.4) is 0 Å². The molecule has 0 aliphatic heterocycles. The normalized spacial score (nSPS) is 11.0. The number of rotatable bonds is 4. The Morgan fingerprint density at radius 2 is 1.81 bits per heavy atom. The summed E-state index contributed by atoms with van der Waals surface area (Å²) in [6.45, 7) is 6.52. The Bertz CT molecular complexity index is 648. The molecule has 2 aromatic rings. The van der Waals surface area contributed by atoms with E-state index in [1.54, 1.807) is 7.11 Å². The van der Waals surface area contributed by atoms with E-state index in [0.29, 0.717) is 11.5 Å². The molecule has 0 atom stereocenters. The molecule has 1 aromatic heterocycles. The van der Waals surface area contributed by atoms with E-state index in [-0.39, 0.29) is 5.41 Å². The van der Waals surface area contributed by atoms with Crippen LogP contribution in [0.15, 0.2) is 24.3 Å². The second kappa shape index (κ2) is 6.15. The van der Waals surface area contributed by atoms with E-state index < -0.39 is 0 Å². The predicted molar refractivity (Wildman–Crippen MR) is 82.9 cm³/mol. The van der Waals surface area contributed by atoms with E-state index in [1.807, 2.05) is 24.3 Å². The zero-order valence-electron chi connectivity index (χ0n) is 12.6. The number of benzene rings is 1. The van der Waals surface area contributed by atoms with Gasteiger partial charge in [-0.25, -0.2) is 4.98 Å². The topological polar surface area (TPSA) is 55.1 Å². The Morgan fingerprint density at radius 3 is 2.29 bits per heavy atom. The summed E-state index contributed by atoms with van der Waals surface area (Å²) in [5.74, 6) is 1.54. The predicted octanol–water partition coefficient (Wildman–Crippen LogP) is 3.90. The molecule has 0 aliphatic rings. The highest BCUT2D eigenvalue weighted by atomic mass is 32.1. The van der Waals surface area contributed by atoms with Crippen LogP contribution in [0.25, 0.3) is 0 Å². The number of thiazole rings is 1. The van der Waals surface area contributed by atoms with Crippen LogP contribution in [0.1, 0.15) is 36.3 Å². The summed E-state index contributed by atoms with van der Waals surface area (Å²) in [7, 11) is 1.63. The van der Waals surface area contributed by atoms with E-state index in [1.165, 1.54) is 11.3 Å². The molecule has 0 amide bonds. The largest absolute Gasteiger partial charge is 0.497 e. The van der Waals surface area contributed by atoms with Gasteiger partial charge >= 0.3 is 0 Å². The Morgan fingerprint density at radius 1 is 1.19 bits per heavy atom. The van der Waals surface area contributed by atoms with Crippen LogP contribution in [-0.4, -0.2) is 12.1 Å². The minimum Gasteiger partial charge on any atom is -0.497 e. The van der Waals surface area contributed by atoms with Crippen molar-refractivity contribution in [3.05, 3.63) is 39.8 Å². The summed E-state index contributed by atoms with van der Waals surface area (Å²) in [5.41, 5.74) is 0.697. The minimum atomic E-state index is -0.139. The fourth-order valence-corrected chi connectivity index (χ4v) is 2.81. The molecular formula is C16H18N2O2S. The van der Waals surface area contributed by atoms with E-state index in [4.69, 9.17) is 9.47 Å². The molecule has 0 radical (unpaired) electrons. The Kier molecular flexibility index (Phi) is 4.49. The van der Waals surface area contributed by atoms with E-state index in [0.717, 1.165) is 22.2 Å². The van der Waals surface area contributed by atoms with Crippen molar-refractivity contribution in [1.82, 2.24) is 4.98 Å². The monoisotopic (exact) mass is 302 g/mol. The molecule has 5 heteroatoms. The molecule has 0 unspecified atom stereocenters. The van der Waals surface area contributed by atoms with Gasteiger partial charge in [0.2, 0.25) is 0 Å². The fraction of sp³-hybridized carbons (Fsp3) is 0.375. The Hall–Kier alpha value is -2.06. The van der Waals surface area contributed by atoms with Crippen molar-refractivity contribution in [2.45, 2.75) is 32.8 Å². The standard InChI is InChI=1S/C16H18N2O2S/c1-16(2,3)15-13(9-17)21-14(18-15)10-20-12-7-5-11(19-4)6-8-12/h5-8H,10H2,1-4H3. The SMILES string of the molecule is COc1ccc(OCc2nc(C(C)(C)C)c(C#N)s2)cc1. The number of methoxy groups -OCH3 is 1. The summed E-state index contributed by atoms with van der Waals surface area (Å²) in [6.07, 6.45) is 0. The van der Waals surface area contributed by atoms with E-state index in [9.17, 15) is 5.26 Å². The van der Waals surface area contributed by atoms with E-state index in [2.05, 4.69) is 31.8 Å². The maximum absolute atomic E-state index is 9.20. The second-order valence-corrected chi connectivity index (χ2v) is 6.69. The Balaban J connectivity index is 2.10. The molecule has 0 N–H and O–H groups in total. The number of nitriles is 1. The highest BCUT2D eigenvalue weighted by Gasteiger charge is 2.23. The summed E-state index contributed by atoms with van der Waals surface area (Å²) in [6, 6.07) is 9.61. The molecule has 2 rings (SSSR count). The molecule has 0 saturated carbocycles. The Labute approximate surface area is 129 Å². The highest BCUT2D eigenvalue weighted by molar-refractivity contribution is 7.12. The minimum absolute atomic E-state index is 0.139. The van der Waals surface area contributed by atoms with Gasteiger partial charge in [-0.15, -0.1) is 11.3 Å². The molecule has 4 nitrogen and oxygen atoms in total. The van der Waals surface area contributed by atoms with Crippen molar-refractivity contribution in [1.29, 1.82) is 5.26 Å². The van der Waals surface area contributed by atoms with Crippen LogP contribution in [-0.2, 0) is 12.0 Å². The van der Waals surface area contributed by atoms with Crippen LogP contribution in [0, 0.1) is 11.3 Å². The third-order valence-electron chi connectivity index (χ3n) is 2.91. The van der Waals surface area contributed by atoms with Crippen LogP contribution in [0.2, 0.25) is 0 Å². The van der Waals surface area contributed by atoms with Crippen molar-refractivity contribution >= 4 is 11.3 Å². The molecule has 0 fully saturated rings. The van der Waals surface area contributed by atoms with Gasteiger partial charge in [-0.2, -0.15) is 5.26 Å². The summed E-state index contributed by atoms with van der Waals surface area (Å²) in [5, 5.41) is 10.0. The number of hydrogen-bond acceptors (Lipinski definition) is 5. The molecule has 0 saturated heterocycles. The number of ether oxygens (including phenoxy) is 2. The zero-order valence-corrected chi connectivity index (χ0v) is 13.5. The molecule has 1 heterocycles. The maximum Gasteiger partial charge on any atom is 0.140 e. The van der Waals surface area contributed by atoms with Crippen molar-refractivity contribution in [3.8, 4) is 17.6 Å². The quantitative estimate of drug-likeness (QED) is 0.859. The van der Waals surface area contributed by atoms with Crippen LogP contribution < -0.4 is 9.47 Å². The van der Waals surface area contributed by atoms with Gasteiger partial charge in [0.1, 0.15) is 34.1 Å². The third kappa shape index (κ3) is 3.73. The van der Waals surface area contributed by atoms with Gasteiger partial charge in [-0.1, -0.05) is 20.8 Å². The molecule has 0 spiro atoms. The number of aromatic nitrogens is 1.